The zero-order chi connectivity index (χ0) is 21.4. The van der Waals surface area contributed by atoms with Crippen LogP contribution < -0.4 is 10.6 Å². The minimum absolute atomic E-state index is 0.0190. The first kappa shape index (κ1) is 22.0. The van der Waals surface area contributed by atoms with Gasteiger partial charge in [-0.2, -0.15) is 0 Å². The highest BCUT2D eigenvalue weighted by Crippen LogP contribution is 2.17. The zero-order valence-electron chi connectivity index (χ0n) is 16.7. The molecular weight excluding hydrogens is 404 g/mol. The number of rotatable bonds is 9. The number of sulfone groups is 1. The highest BCUT2D eigenvalue weighted by atomic mass is 32.2. The molecule has 0 aliphatic carbocycles. The van der Waals surface area contributed by atoms with Crippen LogP contribution in [0.3, 0.4) is 0 Å². The van der Waals surface area contributed by atoms with E-state index >= 15 is 0 Å². The van der Waals surface area contributed by atoms with Gasteiger partial charge in [-0.1, -0.05) is 42.5 Å². The second-order valence-corrected chi connectivity index (χ2v) is 9.45. The Morgan fingerprint density at radius 3 is 2.50 bits per heavy atom. The van der Waals surface area contributed by atoms with Gasteiger partial charge in [-0.3, -0.25) is 9.59 Å². The molecule has 2 aromatic rings. The van der Waals surface area contributed by atoms with Crippen LogP contribution in [0.1, 0.15) is 35.2 Å². The lowest BCUT2D eigenvalue weighted by Crippen LogP contribution is -2.32. The van der Waals surface area contributed by atoms with Crippen LogP contribution in [-0.4, -0.2) is 45.2 Å². The van der Waals surface area contributed by atoms with Gasteiger partial charge >= 0.3 is 0 Å². The predicted octanol–water partition coefficient (Wildman–Crippen LogP) is 2.54. The molecule has 3 rings (SSSR count). The number of nitrogens with one attached hydrogen (secondary N) is 2. The summed E-state index contributed by atoms with van der Waals surface area (Å²) in [6.07, 6.45) is 1.74. The Kier molecular flexibility index (Phi) is 7.59. The molecule has 1 aliphatic rings. The van der Waals surface area contributed by atoms with E-state index in [1.807, 2.05) is 6.07 Å². The van der Waals surface area contributed by atoms with Crippen molar-refractivity contribution in [1.82, 2.24) is 5.32 Å². The zero-order valence-corrected chi connectivity index (χ0v) is 17.5. The van der Waals surface area contributed by atoms with Crippen molar-refractivity contribution in [2.75, 3.05) is 24.2 Å². The summed E-state index contributed by atoms with van der Waals surface area (Å²) in [4.78, 5) is 24.8. The van der Waals surface area contributed by atoms with Crippen molar-refractivity contribution < 1.29 is 22.7 Å². The van der Waals surface area contributed by atoms with Crippen LogP contribution in [0.4, 0.5) is 5.69 Å². The molecule has 0 spiro atoms. The van der Waals surface area contributed by atoms with Gasteiger partial charge in [-0.05, 0) is 30.5 Å². The third-order valence-electron chi connectivity index (χ3n) is 4.83. The lowest BCUT2D eigenvalue weighted by molar-refractivity contribution is -0.115. The third-order valence-corrected chi connectivity index (χ3v) is 6.43. The summed E-state index contributed by atoms with van der Waals surface area (Å²) in [5.74, 6) is -1.13. The Morgan fingerprint density at radius 2 is 1.77 bits per heavy atom. The first-order valence-corrected chi connectivity index (χ1v) is 11.8. The van der Waals surface area contributed by atoms with Crippen LogP contribution in [0.2, 0.25) is 0 Å². The van der Waals surface area contributed by atoms with Gasteiger partial charge < -0.3 is 15.4 Å². The number of hydrogen-bond acceptors (Lipinski definition) is 5. The quantitative estimate of drug-likeness (QED) is 0.637. The maximum Gasteiger partial charge on any atom is 0.253 e. The first-order valence-electron chi connectivity index (χ1n) is 9.96. The predicted molar refractivity (Wildman–Crippen MR) is 115 cm³/mol. The van der Waals surface area contributed by atoms with Crippen LogP contribution in [0.25, 0.3) is 0 Å². The number of anilines is 1. The molecule has 2 N–H and O–H groups in total. The lowest BCUT2D eigenvalue weighted by Gasteiger charge is -2.14. The molecule has 160 valence electrons. The van der Waals surface area contributed by atoms with Crippen molar-refractivity contribution in [2.45, 2.75) is 31.1 Å². The minimum atomic E-state index is -3.42. The number of carbonyl (C=O) groups is 2. The van der Waals surface area contributed by atoms with E-state index in [0.29, 0.717) is 30.0 Å². The van der Waals surface area contributed by atoms with Gasteiger partial charge in [0.2, 0.25) is 5.91 Å². The number of ether oxygens (including phenoxy) is 1. The molecule has 1 saturated heterocycles. The van der Waals surface area contributed by atoms with E-state index in [9.17, 15) is 18.0 Å². The molecule has 2 amide bonds. The van der Waals surface area contributed by atoms with Crippen molar-refractivity contribution in [3.8, 4) is 0 Å². The van der Waals surface area contributed by atoms with E-state index in [-0.39, 0.29) is 29.9 Å². The van der Waals surface area contributed by atoms with Crippen molar-refractivity contribution in [3.63, 3.8) is 0 Å². The van der Waals surface area contributed by atoms with Crippen LogP contribution >= 0.6 is 0 Å². The largest absolute Gasteiger partial charge is 0.376 e. The Bertz CT molecular complexity index is 970. The molecule has 8 heteroatoms. The summed E-state index contributed by atoms with van der Waals surface area (Å²) in [6, 6.07) is 15.5. The number of carbonyl (C=O) groups excluding carboxylic acids is 2. The van der Waals surface area contributed by atoms with E-state index in [2.05, 4.69) is 10.6 Å². The van der Waals surface area contributed by atoms with Gasteiger partial charge in [0, 0.05) is 19.6 Å². The summed E-state index contributed by atoms with van der Waals surface area (Å²) in [6.45, 7) is 1.12. The third kappa shape index (κ3) is 6.67. The topological polar surface area (TPSA) is 102 Å². The smallest absolute Gasteiger partial charge is 0.253 e. The summed E-state index contributed by atoms with van der Waals surface area (Å²) in [7, 11) is -3.42. The Hall–Kier alpha value is -2.71. The van der Waals surface area contributed by atoms with E-state index in [4.69, 9.17) is 4.74 Å². The average molecular weight is 431 g/mol. The van der Waals surface area contributed by atoms with Gasteiger partial charge in [0.1, 0.15) is 0 Å². The molecular formula is C22H26N2O5S. The van der Waals surface area contributed by atoms with E-state index in [1.54, 1.807) is 48.5 Å². The molecule has 0 bridgehead atoms. The van der Waals surface area contributed by atoms with Crippen molar-refractivity contribution in [1.29, 1.82) is 0 Å². The number of para-hydroxylation sites is 1. The van der Waals surface area contributed by atoms with Crippen LogP contribution in [0, 0.1) is 0 Å². The highest BCUT2D eigenvalue weighted by molar-refractivity contribution is 7.90. The molecule has 1 heterocycles. The van der Waals surface area contributed by atoms with Gasteiger partial charge in [0.25, 0.3) is 5.91 Å². The molecule has 0 saturated carbocycles. The number of hydrogen-bond donors (Lipinski definition) is 2. The van der Waals surface area contributed by atoms with Gasteiger partial charge in [0.15, 0.2) is 9.84 Å². The standard InChI is InChI=1S/C22H26N2O5S/c25-21(12-14-30(27,28)16-17-7-2-1-3-8-17)24-20-11-5-4-10-19(20)22(26)23-15-18-9-6-13-29-18/h1-5,7-8,10-11,18H,6,9,12-16H2,(H,23,26)(H,24,25). The lowest BCUT2D eigenvalue weighted by atomic mass is 10.1. The second kappa shape index (κ2) is 10.4. The fourth-order valence-corrected chi connectivity index (χ4v) is 4.60. The Balaban J connectivity index is 1.54. The summed E-state index contributed by atoms with van der Waals surface area (Å²) in [5, 5.41) is 5.49. The van der Waals surface area contributed by atoms with Gasteiger partial charge in [-0.15, -0.1) is 0 Å². The minimum Gasteiger partial charge on any atom is -0.376 e. The van der Waals surface area contributed by atoms with Crippen molar-refractivity contribution >= 4 is 27.3 Å². The maximum absolute atomic E-state index is 12.5. The summed E-state index contributed by atoms with van der Waals surface area (Å²) < 4.78 is 30.1. The van der Waals surface area contributed by atoms with E-state index in [1.165, 1.54) is 0 Å². The summed E-state index contributed by atoms with van der Waals surface area (Å²) in [5.41, 5.74) is 1.37. The normalized spacial score (nSPS) is 16.2. The van der Waals surface area contributed by atoms with Crippen LogP contribution in [-0.2, 0) is 25.1 Å². The maximum atomic E-state index is 12.5. The SMILES string of the molecule is O=C(CCS(=O)(=O)Cc1ccccc1)Nc1ccccc1C(=O)NCC1CCCO1. The fourth-order valence-electron chi connectivity index (χ4n) is 3.26. The average Bonchev–Trinajstić information content (AvgIpc) is 3.25. The first-order chi connectivity index (χ1) is 14.4. The Labute approximate surface area is 176 Å². The number of amides is 2. The molecule has 1 unspecified atom stereocenters. The molecule has 30 heavy (non-hydrogen) atoms. The second-order valence-electron chi connectivity index (χ2n) is 7.27. The van der Waals surface area contributed by atoms with Crippen LogP contribution in [0.15, 0.2) is 54.6 Å². The molecule has 1 atom stereocenters. The van der Waals surface area contributed by atoms with Gasteiger partial charge in [-0.25, -0.2) is 8.42 Å². The fraction of sp³-hybridized carbons (Fsp3) is 0.364. The van der Waals surface area contributed by atoms with Crippen molar-refractivity contribution in [2.24, 2.45) is 0 Å². The molecule has 0 aromatic heterocycles. The molecule has 1 fully saturated rings. The monoisotopic (exact) mass is 430 g/mol. The van der Waals surface area contributed by atoms with E-state index < -0.39 is 15.7 Å². The van der Waals surface area contributed by atoms with Crippen molar-refractivity contribution in [3.05, 3.63) is 65.7 Å². The molecule has 1 aliphatic heterocycles. The summed E-state index contributed by atoms with van der Waals surface area (Å²) >= 11 is 0. The van der Waals surface area contributed by atoms with Crippen LogP contribution in [0.5, 0.6) is 0 Å². The van der Waals surface area contributed by atoms with E-state index in [0.717, 1.165) is 12.8 Å². The highest BCUT2D eigenvalue weighted by Gasteiger charge is 2.19. The Morgan fingerprint density at radius 1 is 1.03 bits per heavy atom. The van der Waals surface area contributed by atoms with Gasteiger partial charge in [0.05, 0.1) is 28.9 Å². The molecule has 2 aromatic carbocycles. The molecule has 7 nitrogen and oxygen atoms in total. The number of benzene rings is 2. The molecule has 0 radical (unpaired) electrons.